The number of aryl methyl sites for hydroxylation is 1. The molecular weight excluding hydrogens is 284 g/mol. The third-order valence-electron chi connectivity index (χ3n) is 3.22. The molecule has 21 heavy (non-hydrogen) atoms. The summed E-state index contributed by atoms with van der Waals surface area (Å²) in [7, 11) is -1.21. The fourth-order valence-corrected chi connectivity index (χ4v) is 3.12. The van der Waals surface area contributed by atoms with Gasteiger partial charge in [-0.15, -0.1) is 0 Å². The van der Waals surface area contributed by atoms with Crippen molar-refractivity contribution >= 4 is 27.6 Å². The molecule has 5 heteroatoms. The van der Waals surface area contributed by atoms with Crippen LogP contribution >= 0.6 is 0 Å². The molecule has 1 heterocycles. The van der Waals surface area contributed by atoms with E-state index in [4.69, 9.17) is 10.2 Å². The van der Waals surface area contributed by atoms with Gasteiger partial charge in [-0.25, -0.2) is 9.19 Å². The van der Waals surface area contributed by atoms with E-state index >= 15 is 0 Å². The Hall–Kier alpha value is -2.14. The summed E-state index contributed by atoms with van der Waals surface area (Å²) in [5, 5.41) is 0.281. The van der Waals surface area contributed by atoms with Crippen LogP contribution in [0.4, 0.5) is 5.69 Å². The summed E-state index contributed by atoms with van der Waals surface area (Å²) in [6.07, 6.45) is 1.73. The molecule has 0 bridgehead atoms. The Morgan fingerprint density at radius 3 is 2.76 bits per heavy atom. The van der Waals surface area contributed by atoms with Gasteiger partial charge in [0.25, 0.3) is 5.22 Å². The van der Waals surface area contributed by atoms with Crippen LogP contribution in [-0.4, -0.2) is 14.9 Å². The highest BCUT2D eigenvalue weighted by molar-refractivity contribution is 7.84. The van der Waals surface area contributed by atoms with Gasteiger partial charge in [0.05, 0.1) is 0 Å². The van der Waals surface area contributed by atoms with E-state index in [2.05, 4.69) is 17.1 Å². The lowest BCUT2D eigenvalue weighted by Gasteiger charge is -1.99. The first kappa shape index (κ1) is 13.8. The molecule has 0 aliphatic carbocycles. The maximum absolute atomic E-state index is 12.2. The van der Waals surface area contributed by atoms with Crippen molar-refractivity contribution in [2.45, 2.75) is 18.1 Å². The van der Waals surface area contributed by atoms with Crippen LogP contribution < -0.4 is 5.73 Å². The quantitative estimate of drug-likeness (QED) is 0.735. The Morgan fingerprint density at radius 1 is 1.14 bits per heavy atom. The van der Waals surface area contributed by atoms with Crippen LogP contribution in [-0.2, 0) is 17.2 Å². The normalized spacial score (nSPS) is 12.6. The van der Waals surface area contributed by atoms with Crippen molar-refractivity contribution in [2.75, 3.05) is 11.5 Å². The minimum absolute atomic E-state index is 0.281. The summed E-state index contributed by atoms with van der Waals surface area (Å²) in [6.45, 7) is 0. The number of rotatable bonds is 5. The fraction of sp³-hybridized carbons (Fsp3) is 0.188. The van der Waals surface area contributed by atoms with Crippen molar-refractivity contribution in [1.29, 1.82) is 0 Å². The number of nitrogens with two attached hydrogens (primary N) is 1. The first-order chi connectivity index (χ1) is 10.2. The molecule has 0 spiro atoms. The van der Waals surface area contributed by atoms with Crippen molar-refractivity contribution < 1.29 is 8.63 Å². The molecule has 2 aromatic carbocycles. The molecule has 0 aliphatic heterocycles. The Labute approximate surface area is 125 Å². The van der Waals surface area contributed by atoms with Gasteiger partial charge in [-0.05, 0) is 36.6 Å². The average molecular weight is 300 g/mol. The molecule has 0 radical (unpaired) electrons. The van der Waals surface area contributed by atoms with Gasteiger partial charge in [0.15, 0.2) is 5.58 Å². The Kier molecular flexibility index (Phi) is 4.01. The summed E-state index contributed by atoms with van der Waals surface area (Å²) >= 11 is 0. The number of benzene rings is 2. The van der Waals surface area contributed by atoms with Crippen LogP contribution in [0, 0.1) is 0 Å². The monoisotopic (exact) mass is 300 g/mol. The number of nitrogen functional groups attached to an aromatic ring is 1. The van der Waals surface area contributed by atoms with Crippen LogP contribution in [0.5, 0.6) is 0 Å². The van der Waals surface area contributed by atoms with Gasteiger partial charge in [0, 0.05) is 11.4 Å². The van der Waals surface area contributed by atoms with Crippen molar-refractivity contribution in [3.8, 4) is 0 Å². The number of hydrogen-bond donors (Lipinski definition) is 1. The zero-order valence-electron chi connectivity index (χ0n) is 11.5. The van der Waals surface area contributed by atoms with E-state index in [-0.39, 0.29) is 5.22 Å². The summed E-state index contributed by atoms with van der Waals surface area (Å²) in [5.41, 5.74) is 8.84. The fourth-order valence-electron chi connectivity index (χ4n) is 2.16. The van der Waals surface area contributed by atoms with E-state index < -0.39 is 10.8 Å². The first-order valence-electron chi connectivity index (χ1n) is 6.81. The van der Waals surface area contributed by atoms with E-state index in [0.717, 1.165) is 12.8 Å². The molecular formula is C16H16N2O2S. The number of aromatic nitrogens is 1. The molecule has 108 valence electrons. The minimum Gasteiger partial charge on any atom is -0.430 e. The van der Waals surface area contributed by atoms with Crippen LogP contribution in [0.15, 0.2) is 58.2 Å². The molecule has 0 amide bonds. The molecule has 4 nitrogen and oxygen atoms in total. The lowest BCUT2D eigenvalue weighted by atomic mass is 10.1. The largest absolute Gasteiger partial charge is 0.430 e. The van der Waals surface area contributed by atoms with Gasteiger partial charge in [0.2, 0.25) is 0 Å². The van der Waals surface area contributed by atoms with E-state index in [1.54, 1.807) is 18.2 Å². The highest BCUT2D eigenvalue weighted by atomic mass is 32.2. The second kappa shape index (κ2) is 6.10. The third kappa shape index (κ3) is 3.31. The van der Waals surface area contributed by atoms with Crippen LogP contribution in [0.2, 0.25) is 0 Å². The third-order valence-corrected chi connectivity index (χ3v) is 4.45. The maximum atomic E-state index is 12.2. The Balaban J connectivity index is 1.64. The Bertz CT molecular complexity index is 768. The molecule has 2 N–H and O–H groups in total. The maximum Gasteiger partial charge on any atom is 0.287 e. The predicted molar refractivity (Wildman–Crippen MR) is 84.5 cm³/mol. The molecule has 3 rings (SSSR count). The van der Waals surface area contributed by atoms with Crippen LogP contribution in [0.25, 0.3) is 11.1 Å². The molecule has 0 fully saturated rings. The molecule has 0 aliphatic rings. The van der Waals surface area contributed by atoms with Gasteiger partial charge < -0.3 is 10.2 Å². The standard InChI is InChI=1S/C16H16N2O2S/c17-13-8-9-15-14(11-13)18-16(20-15)21(19)10-4-7-12-5-2-1-3-6-12/h1-3,5-6,8-9,11H,4,7,10,17H2. The van der Waals surface area contributed by atoms with Crippen LogP contribution in [0.1, 0.15) is 12.0 Å². The number of oxazole rings is 1. The lowest BCUT2D eigenvalue weighted by molar-refractivity contribution is 0.477. The Morgan fingerprint density at radius 2 is 1.95 bits per heavy atom. The zero-order chi connectivity index (χ0) is 14.7. The van der Waals surface area contributed by atoms with E-state index in [1.807, 2.05) is 18.2 Å². The summed E-state index contributed by atoms with van der Waals surface area (Å²) < 4.78 is 17.7. The summed E-state index contributed by atoms with van der Waals surface area (Å²) in [4.78, 5) is 4.25. The zero-order valence-corrected chi connectivity index (χ0v) is 12.3. The number of nitrogens with zero attached hydrogens (tertiary/aromatic N) is 1. The van der Waals surface area contributed by atoms with Gasteiger partial charge >= 0.3 is 0 Å². The predicted octanol–water partition coefficient (Wildman–Crippen LogP) is 3.15. The van der Waals surface area contributed by atoms with Crippen LogP contribution in [0.3, 0.4) is 0 Å². The summed E-state index contributed by atoms with van der Waals surface area (Å²) in [6, 6.07) is 15.4. The average Bonchev–Trinajstić information content (AvgIpc) is 2.91. The van der Waals surface area contributed by atoms with Crippen molar-refractivity contribution in [1.82, 2.24) is 4.98 Å². The van der Waals surface area contributed by atoms with Gasteiger partial charge in [-0.2, -0.15) is 0 Å². The summed E-state index contributed by atoms with van der Waals surface area (Å²) in [5.74, 6) is 0.539. The molecule has 0 saturated heterocycles. The van der Waals surface area contributed by atoms with Gasteiger partial charge in [-0.3, -0.25) is 0 Å². The highest BCUT2D eigenvalue weighted by Gasteiger charge is 2.12. The van der Waals surface area contributed by atoms with Crippen molar-refractivity contribution in [2.24, 2.45) is 0 Å². The topological polar surface area (TPSA) is 69.1 Å². The minimum atomic E-state index is -1.21. The highest BCUT2D eigenvalue weighted by Crippen LogP contribution is 2.20. The second-order valence-corrected chi connectivity index (χ2v) is 6.29. The molecule has 1 aromatic heterocycles. The number of anilines is 1. The van der Waals surface area contributed by atoms with E-state index in [0.29, 0.717) is 22.5 Å². The first-order valence-corrected chi connectivity index (χ1v) is 8.12. The van der Waals surface area contributed by atoms with Gasteiger partial charge in [0.1, 0.15) is 16.3 Å². The molecule has 1 atom stereocenters. The van der Waals surface area contributed by atoms with Crippen molar-refractivity contribution in [3.05, 3.63) is 54.1 Å². The molecule has 1 unspecified atom stereocenters. The molecule has 0 saturated carbocycles. The lowest BCUT2D eigenvalue weighted by Crippen LogP contribution is -2.00. The van der Waals surface area contributed by atoms with E-state index in [9.17, 15) is 4.21 Å². The number of fused-ring (bicyclic) bond motifs is 1. The van der Waals surface area contributed by atoms with Gasteiger partial charge in [-0.1, -0.05) is 30.3 Å². The smallest absolute Gasteiger partial charge is 0.287 e. The second-order valence-electron chi connectivity index (χ2n) is 4.85. The van der Waals surface area contributed by atoms with Crippen molar-refractivity contribution in [3.63, 3.8) is 0 Å². The number of hydrogen-bond acceptors (Lipinski definition) is 4. The van der Waals surface area contributed by atoms with E-state index in [1.165, 1.54) is 5.56 Å². The molecule has 3 aromatic rings. The SMILES string of the molecule is Nc1ccc2oc(S(=O)CCCc3ccccc3)nc2c1.